The van der Waals surface area contributed by atoms with Crippen molar-refractivity contribution in [1.29, 1.82) is 0 Å². The fourth-order valence-corrected chi connectivity index (χ4v) is 2.35. The summed E-state index contributed by atoms with van der Waals surface area (Å²) in [6.45, 7) is 6.55. The van der Waals surface area contributed by atoms with Gasteiger partial charge >= 0.3 is 0 Å². The largest absolute Gasteiger partial charge is 0.359 e. The summed E-state index contributed by atoms with van der Waals surface area (Å²) in [5.41, 5.74) is 0. The molecule has 0 aliphatic rings. The standard InChI is InChI=1S/C15H31NO/c1-5-6-7-8-9-10-11-13(2)12-14(3)15(17)16-4/h13-14H,5-12H2,1-4H3,(H,16,17)/t13-,14+/m0/s1. The maximum atomic E-state index is 11.4. The zero-order chi connectivity index (χ0) is 13.1. The SMILES string of the molecule is CCCCCCCC[C@H](C)C[C@@H](C)C(=O)NC. The number of nitrogens with one attached hydrogen (secondary N) is 1. The molecule has 0 bridgehead atoms. The number of carbonyl (C=O) groups is 1. The van der Waals surface area contributed by atoms with Gasteiger partial charge in [-0.05, 0) is 12.3 Å². The lowest BCUT2D eigenvalue weighted by Gasteiger charge is -2.15. The van der Waals surface area contributed by atoms with Crippen LogP contribution in [0.5, 0.6) is 0 Å². The number of carbonyl (C=O) groups excluding carboxylic acids is 1. The predicted octanol–water partition coefficient (Wildman–Crippen LogP) is 4.15. The van der Waals surface area contributed by atoms with Crippen LogP contribution < -0.4 is 5.32 Å². The van der Waals surface area contributed by atoms with Gasteiger partial charge in [-0.25, -0.2) is 0 Å². The van der Waals surface area contributed by atoms with Crippen LogP contribution >= 0.6 is 0 Å². The van der Waals surface area contributed by atoms with Gasteiger partial charge in [-0.2, -0.15) is 0 Å². The summed E-state index contributed by atoms with van der Waals surface area (Å²) in [5, 5.41) is 2.72. The Balaban J connectivity index is 3.46. The van der Waals surface area contributed by atoms with E-state index >= 15 is 0 Å². The van der Waals surface area contributed by atoms with E-state index in [9.17, 15) is 4.79 Å². The molecule has 0 spiro atoms. The third-order valence-corrected chi connectivity index (χ3v) is 3.50. The molecule has 0 saturated carbocycles. The Morgan fingerprint density at radius 1 is 1.06 bits per heavy atom. The van der Waals surface area contributed by atoms with E-state index in [2.05, 4.69) is 19.2 Å². The van der Waals surface area contributed by atoms with E-state index in [1.807, 2.05) is 6.92 Å². The van der Waals surface area contributed by atoms with Gasteiger partial charge in [-0.15, -0.1) is 0 Å². The molecule has 0 rings (SSSR count). The molecule has 0 aliphatic heterocycles. The highest BCUT2D eigenvalue weighted by atomic mass is 16.1. The minimum Gasteiger partial charge on any atom is -0.359 e. The van der Waals surface area contributed by atoms with Gasteiger partial charge in [0.1, 0.15) is 0 Å². The van der Waals surface area contributed by atoms with Gasteiger partial charge in [0.05, 0.1) is 0 Å². The predicted molar refractivity (Wildman–Crippen MR) is 75.0 cm³/mol. The molecule has 0 unspecified atom stereocenters. The topological polar surface area (TPSA) is 29.1 Å². The average molecular weight is 241 g/mol. The van der Waals surface area contributed by atoms with Crippen LogP contribution in [0.25, 0.3) is 0 Å². The van der Waals surface area contributed by atoms with Crippen LogP contribution in [0.4, 0.5) is 0 Å². The molecule has 0 aromatic carbocycles. The van der Waals surface area contributed by atoms with Gasteiger partial charge in [0.25, 0.3) is 0 Å². The third kappa shape index (κ3) is 9.20. The molecule has 102 valence electrons. The maximum absolute atomic E-state index is 11.4. The second-order valence-electron chi connectivity index (χ2n) is 5.41. The van der Waals surface area contributed by atoms with E-state index in [0.717, 1.165) is 6.42 Å². The van der Waals surface area contributed by atoms with E-state index in [4.69, 9.17) is 0 Å². The van der Waals surface area contributed by atoms with E-state index in [0.29, 0.717) is 5.92 Å². The molecule has 0 heterocycles. The molecule has 2 atom stereocenters. The molecule has 17 heavy (non-hydrogen) atoms. The first-order valence-electron chi connectivity index (χ1n) is 7.33. The first-order chi connectivity index (χ1) is 8.11. The van der Waals surface area contributed by atoms with Crippen molar-refractivity contribution in [3.63, 3.8) is 0 Å². The summed E-state index contributed by atoms with van der Waals surface area (Å²) in [6, 6.07) is 0. The molecular formula is C15H31NO. The molecule has 0 saturated heterocycles. The minimum atomic E-state index is 0.162. The Hall–Kier alpha value is -0.530. The highest BCUT2D eigenvalue weighted by Crippen LogP contribution is 2.19. The fourth-order valence-electron chi connectivity index (χ4n) is 2.35. The van der Waals surface area contributed by atoms with E-state index in [1.54, 1.807) is 7.05 Å². The number of unbranched alkanes of at least 4 members (excludes halogenated alkanes) is 5. The highest BCUT2D eigenvalue weighted by Gasteiger charge is 2.14. The van der Waals surface area contributed by atoms with Crippen LogP contribution in [0.3, 0.4) is 0 Å². The Labute approximate surface area is 108 Å². The zero-order valence-corrected chi connectivity index (χ0v) is 12.2. The Morgan fingerprint density at radius 2 is 1.65 bits per heavy atom. The fraction of sp³-hybridized carbons (Fsp3) is 0.933. The summed E-state index contributed by atoms with van der Waals surface area (Å²) in [7, 11) is 1.72. The molecule has 0 aliphatic carbocycles. The molecule has 0 aromatic rings. The first-order valence-corrected chi connectivity index (χ1v) is 7.33. The maximum Gasteiger partial charge on any atom is 0.222 e. The number of rotatable bonds is 10. The Morgan fingerprint density at radius 3 is 2.24 bits per heavy atom. The lowest BCUT2D eigenvalue weighted by atomic mass is 9.92. The van der Waals surface area contributed by atoms with Gasteiger partial charge in [0.2, 0.25) is 5.91 Å². The number of hydrogen-bond donors (Lipinski definition) is 1. The zero-order valence-electron chi connectivity index (χ0n) is 12.2. The third-order valence-electron chi connectivity index (χ3n) is 3.50. The van der Waals surface area contributed by atoms with Gasteiger partial charge in [0, 0.05) is 13.0 Å². The quantitative estimate of drug-likeness (QED) is 0.572. The van der Waals surface area contributed by atoms with Gasteiger partial charge in [-0.3, -0.25) is 4.79 Å². The molecule has 0 fully saturated rings. The van der Waals surface area contributed by atoms with Crippen molar-refractivity contribution in [2.45, 2.75) is 72.1 Å². The van der Waals surface area contributed by atoms with Crippen molar-refractivity contribution >= 4 is 5.91 Å². The molecule has 1 N–H and O–H groups in total. The summed E-state index contributed by atoms with van der Waals surface area (Å²) in [5.74, 6) is 1.02. The van der Waals surface area contributed by atoms with Crippen molar-refractivity contribution in [2.75, 3.05) is 7.05 Å². The highest BCUT2D eigenvalue weighted by molar-refractivity contribution is 5.77. The van der Waals surface area contributed by atoms with E-state index < -0.39 is 0 Å². The van der Waals surface area contributed by atoms with Crippen LogP contribution in [0, 0.1) is 11.8 Å². The second-order valence-corrected chi connectivity index (χ2v) is 5.41. The summed E-state index contributed by atoms with van der Waals surface area (Å²) in [4.78, 5) is 11.4. The van der Waals surface area contributed by atoms with E-state index in [-0.39, 0.29) is 11.8 Å². The molecule has 0 aromatic heterocycles. The van der Waals surface area contributed by atoms with Crippen molar-refractivity contribution < 1.29 is 4.79 Å². The van der Waals surface area contributed by atoms with Gasteiger partial charge in [0.15, 0.2) is 0 Å². The Kier molecular flexibility index (Phi) is 10.3. The van der Waals surface area contributed by atoms with Crippen LogP contribution in [0.2, 0.25) is 0 Å². The molecule has 2 nitrogen and oxygen atoms in total. The van der Waals surface area contributed by atoms with Crippen molar-refractivity contribution in [2.24, 2.45) is 11.8 Å². The minimum absolute atomic E-state index is 0.162. The van der Waals surface area contributed by atoms with Crippen LogP contribution in [-0.4, -0.2) is 13.0 Å². The monoisotopic (exact) mass is 241 g/mol. The number of hydrogen-bond acceptors (Lipinski definition) is 1. The van der Waals surface area contributed by atoms with Crippen molar-refractivity contribution in [1.82, 2.24) is 5.32 Å². The lowest BCUT2D eigenvalue weighted by Crippen LogP contribution is -2.26. The van der Waals surface area contributed by atoms with Gasteiger partial charge in [-0.1, -0.05) is 65.7 Å². The van der Waals surface area contributed by atoms with Crippen LogP contribution in [-0.2, 0) is 4.79 Å². The van der Waals surface area contributed by atoms with Crippen LogP contribution in [0.15, 0.2) is 0 Å². The van der Waals surface area contributed by atoms with Gasteiger partial charge < -0.3 is 5.32 Å². The lowest BCUT2D eigenvalue weighted by molar-refractivity contribution is -0.124. The Bertz CT molecular complexity index is 191. The van der Waals surface area contributed by atoms with E-state index in [1.165, 1.54) is 44.9 Å². The summed E-state index contributed by atoms with van der Waals surface area (Å²) >= 11 is 0. The summed E-state index contributed by atoms with van der Waals surface area (Å²) < 4.78 is 0. The molecule has 1 amide bonds. The molecular weight excluding hydrogens is 210 g/mol. The second kappa shape index (κ2) is 10.6. The van der Waals surface area contributed by atoms with Crippen molar-refractivity contribution in [3.05, 3.63) is 0 Å². The summed E-state index contributed by atoms with van der Waals surface area (Å²) in [6.07, 6.45) is 10.4. The first kappa shape index (κ1) is 16.5. The van der Waals surface area contributed by atoms with Crippen molar-refractivity contribution in [3.8, 4) is 0 Å². The number of amides is 1. The molecule has 2 heteroatoms. The molecule has 0 radical (unpaired) electrons. The normalized spacial score (nSPS) is 14.4. The smallest absolute Gasteiger partial charge is 0.222 e. The average Bonchev–Trinajstić information content (AvgIpc) is 2.32. The van der Waals surface area contributed by atoms with Crippen LogP contribution in [0.1, 0.15) is 72.1 Å².